The van der Waals surface area contributed by atoms with Crippen molar-refractivity contribution in [2.45, 2.75) is 0 Å². The van der Waals surface area contributed by atoms with Gasteiger partial charge in [-0.1, -0.05) is 115 Å². The lowest BCUT2D eigenvalue weighted by Gasteiger charge is -2.11. The van der Waals surface area contributed by atoms with Gasteiger partial charge in [-0.2, -0.15) is 0 Å². The number of hydrogen-bond donors (Lipinski definition) is 0. The van der Waals surface area contributed by atoms with Gasteiger partial charge in [-0.05, 0) is 30.3 Å². The molecule has 5 nitrogen and oxygen atoms in total. The number of nitrogens with zero attached hydrogens (tertiary/aromatic N) is 4. The van der Waals surface area contributed by atoms with E-state index in [9.17, 15) is 0 Å². The zero-order valence-electron chi connectivity index (χ0n) is 25.5. The van der Waals surface area contributed by atoms with Gasteiger partial charge >= 0.3 is 0 Å². The summed E-state index contributed by atoms with van der Waals surface area (Å²) in [6.45, 7) is 0. The lowest BCUT2D eigenvalue weighted by molar-refractivity contribution is 0.657. The van der Waals surface area contributed by atoms with E-state index in [2.05, 4.69) is 66.7 Å². The van der Waals surface area contributed by atoms with Gasteiger partial charge in [0.25, 0.3) is 0 Å². The molecule has 0 fully saturated rings. The minimum atomic E-state index is 0.579. The molecule has 0 N–H and O–H groups in total. The summed E-state index contributed by atoms with van der Waals surface area (Å²) in [6.07, 6.45) is 0. The highest BCUT2D eigenvalue weighted by atomic mass is 32.1. The van der Waals surface area contributed by atoms with Crippen LogP contribution in [0.15, 0.2) is 150 Å². The maximum absolute atomic E-state index is 6.78. The predicted octanol–water partition coefficient (Wildman–Crippen LogP) is 11.4. The van der Waals surface area contributed by atoms with Crippen LogP contribution in [0.4, 0.5) is 0 Å². The number of para-hydroxylation sites is 1. The largest absolute Gasteiger partial charge is 0.437 e. The molecule has 0 spiro atoms. The van der Waals surface area contributed by atoms with Crippen LogP contribution in [0.5, 0.6) is 0 Å². The third-order valence-electron chi connectivity index (χ3n) is 8.95. The molecular formula is C42H24N4OS. The Morgan fingerprint density at radius 1 is 0.458 bits per heavy atom. The second-order valence-corrected chi connectivity index (χ2v) is 12.9. The van der Waals surface area contributed by atoms with Crippen molar-refractivity contribution in [3.8, 4) is 45.3 Å². The van der Waals surface area contributed by atoms with E-state index in [0.717, 1.165) is 55.1 Å². The van der Waals surface area contributed by atoms with Crippen molar-refractivity contribution in [1.82, 2.24) is 19.9 Å². The fourth-order valence-electron chi connectivity index (χ4n) is 6.69. The summed E-state index contributed by atoms with van der Waals surface area (Å²) < 4.78 is 9.27. The van der Waals surface area contributed by atoms with E-state index >= 15 is 0 Å². The van der Waals surface area contributed by atoms with Gasteiger partial charge in [-0.3, -0.25) is 0 Å². The highest BCUT2D eigenvalue weighted by molar-refractivity contribution is 7.26. The fourth-order valence-corrected chi connectivity index (χ4v) is 7.93. The van der Waals surface area contributed by atoms with Crippen molar-refractivity contribution in [1.29, 1.82) is 0 Å². The molecule has 0 unspecified atom stereocenters. The standard InChI is InChI=1S/C42H24N4OS/c1-3-12-25(13-4-1)39-44-40(26-14-5-2-6-15-26)46-41(45-39)32-23-22-29(31-19-11-18-30-28-17-8-10-21-35(28)48-38(30)31)37-36(32)33-24-27-16-7-9-20-34(27)43-42(33)47-37/h1-24H. The Morgan fingerprint density at radius 3 is 1.90 bits per heavy atom. The average Bonchev–Trinajstić information content (AvgIpc) is 3.73. The quantitative estimate of drug-likeness (QED) is 0.193. The van der Waals surface area contributed by atoms with Crippen molar-refractivity contribution in [3.05, 3.63) is 146 Å². The Labute approximate surface area is 278 Å². The zero-order valence-corrected chi connectivity index (χ0v) is 26.3. The lowest BCUT2D eigenvalue weighted by Crippen LogP contribution is -2.00. The Kier molecular flexibility index (Phi) is 5.98. The Bertz CT molecular complexity index is 2780. The molecule has 0 bridgehead atoms. The van der Waals surface area contributed by atoms with Crippen LogP contribution in [0.25, 0.3) is 98.4 Å². The number of benzene rings is 6. The molecule has 4 aromatic heterocycles. The van der Waals surface area contributed by atoms with E-state index in [0.29, 0.717) is 23.2 Å². The molecule has 0 aliphatic rings. The second-order valence-electron chi connectivity index (χ2n) is 11.8. The normalized spacial score (nSPS) is 11.8. The highest BCUT2D eigenvalue weighted by Gasteiger charge is 2.23. The maximum atomic E-state index is 6.78. The first-order chi connectivity index (χ1) is 23.8. The molecular weight excluding hydrogens is 609 g/mol. The van der Waals surface area contributed by atoms with Gasteiger partial charge < -0.3 is 4.42 Å². The summed E-state index contributed by atoms with van der Waals surface area (Å²) in [5.74, 6) is 1.81. The van der Waals surface area contributed by atoms with Crippen LogP contribution in [0.2, 0.25) is 0 Å². The third-order valence-corrected chi connectivity index (χ3v) is 10.2. The van der Waals surface area contributed by atoms with Crippen molar-refractivity contribution in [3.63, 3.8) is 0 Å². The van der Waals surface area contributed by atoms with Crippen LogP contribution < -0.4 is 0 Å². The van der Waals surface area contributed by atoms with Gasteiger partial charge in [0.1, 0.15) is 5.58 Å². The van der Waals surface area contributed by atoms with Crippen LogP contribution in [0.1, 0.15) is 0 Å². The van der Waals surface area contributed by atoms with Gasteiger partial charge in [-0.15, -0.1) is 11.3 Å². The average molecular weight is 633 g/mol. The first-order valence-corrected chi connectivity index (χ1v) is 16.6. The number of furan rings is 1. The molecule has 10 rings (SSSR count). The predicted molar refractivity (Wildman–Crippen MR) is 197 cm³/mol. The molecule has 4 heterocycles. The Hall–Kier alpha value is -6.24. The SMILES string of the molecule is c1ccc(-c2nc(-c3ccccc3)nc(-c3ccc(-c4cccc5c4sc4ccccc45)c4oc5nc6ccccc6cc5c34)n2)cc1. The monoisotopic (exact) mass is 632 g/mol. The summed E-state index contributed by atoms with van der Waals surface area (Å²) in [4.78, 5) is 20.1. The minimum Gasteiger partial charge on any atom is -0.437 e. The number of fused-ring (bicyclic) bond motifs is 7. The van der Waals surface area contributed by atoms with E-state index in [1.165, 1.54) is 20.2 Å². The van der Waals surface area contributed by atoms with Gasteiger partial charge in [0.05, 0.1) is 5.52 Å². The maximum Gasteiger partial charge on any atom is 0.227 e. The van der Waals surface area contributed by atoms with Crippen LogP contribution in [-0.4, -0.2) is 19.9 Å². The first-order valence-electron chi connectivity index (χ1n) is 15.8. The first kappa shape index (κ1) is 26.9. The molecule has 6 heteroatoms. The molecule has 0 radical (unpaired) electrons. The van der Waals surface area contributed by atoms with Gasteiger partial charge in [0.2, 0.25) is 5.71 Å². The van der Waals surface area contributed by atoms with Crippen molar-refractivity contribution >= 4 is 64.5 Å². The second kappa shape index (κ2) is 10.7. The van der Waals surface area contributed by atoms with Gasteiger partial charge in [0, 0.05) is 64.1 Å². The third kappa shape index (κ3) is 4.24. The topological polar surface area (TPSA) is 64.7 Å². The molecule has 0 amide bonds. The highest BCUT2D eigenvalue weighted by Crippen LogP contribution is 2.46. The molecule has 48 heavy (non-hydrogen) atoms. The van der Waals surface area contributed by atoms with Crippen LogP contribution >= 0.6 is 11.3 Å². The van der Waals surface area contributed by atoms with Gasteiger partial charge in [0.15, 0.2) is 17.5 Å². The lowest BCUT2D eigenvalue weighted by atomic mass is 9.97. The molecule has 0 atom stereocenters. The molecule has 6 aromatic carbocycles. The fraction of sp³-hybridized carbons (Fsp3) is 0. The summed E-state index contributed by atoms with van der Waals surface area (Å²) in [5.41, 5.74) is 7.08. The van der Waals surface area contributed by atoms with E-state index < -0.39 is 0 Å². The summed E-state index contributed by atoms with van der Waals surface area (Å²) >= 11 is 1.81. The van der Waals surface area contributed by atoms with Crippen LogP contribution in [-0.2, 0) is 0 Å². The number of thiophene rings is 1. The van der Waals surface area contributed by atoms with E-state index in [1.807, 2.05) is 90.2 Å². The zero-order chi connectivity index (χ0) is 31.6. The van der Waals surface area contributed by atoms with E-state index in [-0.39, 0.29) is 0 Å². The van der Waals surface area contributed by atoms with Crippen molar-refractivity contribution in [2.24, 2.45) is 0 Å². The molecule has 0 aliphatic heterocycles. The summed E-state index contributed by atoms with van der Waals surface area (Å²) in [6, 6.07) is 49.8. The smallest absolute Gasteiger partial charge is 0.227 e. The van der Waals surface area contributed by atoms with E-state index in [1.54, 1.807) is 0 Å². The van der Waals surface area contributed by atoms with Crippen LogP contribution in [0.3, 0.4) is 0 Å². The minimum absolute atomic E-state index is 0.579. The number of rotatable bonds is 4. The van der Waals surface area contributed by atoms with E-state index in [4.69, 9.17) is 24.4 Å². The van der Waals surface area contributed by atoms with Crippen LogP contribution in [0, 0.1) is 0 Å². The number of hydrogen-bond acceptors (Lipinski definition) is 6. The molecule has 0 saturated carbocycles. The molecule has 0 saturated heterocycles. The van der Waals surface area contributed by atoms with Crippen molar-refractivity contribution in [2.75, 3.05) is 0 Å². The van der Waals surface area contributed by atoms with Gasteiger partial charge in [-0.25, -0.2) is 19.9 Å². The number of aromatic nitrogens is 4. The Morgan fingerprint density at radius 2 is 1.10 bits per heavy atom. The number of pyridine rings is 1. The summed E-state index contributed by atoms with van der Waals surface area (Å²) in [7, 11) is 0. The summed E-state index contributed by atoms with van der Waals surface area (Å²) in [5, 5.41) is 5.40. The van der Waals surface area contributed by atoms with Crippen molar-refractivity contribution < 1.29 is 4.42 Å². The molecule has 10 aromatic rings. The molecule has 224 valence electrons. The molecule has 0 aliphatic carbocycles. The Balaban J connectivity index is 1.30.